The second-order valence-electron chi connectivity index (χ2n) is 4.36. The summed E-state index contributed by atoms with van der Waals surface area (Å²) in [6.45, 7) is 4.34. The summed E-state index contributed by atoms with van der Waals surface area (Å²) in [5.41, 5.74) is 1.04. The number of aromatic nitrogens is 1. The van der Waals surface area contributed by atoms with Crippen LogP contribution in [-0.4, -0.2) is 28.8 Å². The van der Waals surface area contributed by atoms with Crippen LogP contribution in [0.3, 0.4) is 0 Å². The number of carbonyl (C=O) groups is 1. The Hall–Kier alpha value is -1.22. The van der Waals surface area contributed by atoms with Crippen LogP contribution in [0.4, 0.5) is 0 Å². The van der Waals surface area contributed by atoms with Crippen LogP contribution in [0.5, 0.6) is 0 Å². The zero-order chi connectivity index (χ0) is 11.4. The number of Topliss-reactive ketones (excluding diaryl/α,β-unsaturated/α-hetero) is 1. The van der Waals surface area contributed by atoms with Crippen LogP contribution >= 0.6 is 0 Å². The monoisotopic (exact) mass is 218 g/mol. The number of hydrogen-bond acceptors (Lipinski definition) is 3. The van der Waals surface area contributed by atoms with Crippen LogP contribution in [-0.2, 0) is 11.3 Å². The lowest BCUT2D eigenvalue weighted by molar-refractivity contribution is -0.121. The Morgan fingerprint density at radius 2 is 2.31 bits per heavy atom. The topological polar surface area (TPSA) is 33.2 Å². The first-order chi connectivity index (χ1) is 7.79. The van der Waals surface area contributed by atoms with Crippen molar-refractivity contribution in [3.8, 4) is 0 Å². The second kappa shape index (κ2) is 5.21. The van der Waals surface area contributed by atoms with Gasteiger partial charge in [-0.15, -0.1) is 0 Å². The largest absolute Gasteiger partial charge is 0.298 e. The van der Waals surface area contributed by atoms with Gasteiger partial charge in [-0.25, -0.2) is 0 Å². The van der Waals surface area contributed by atoms with Crippen molar-refractivity contribution in [2.75, 3.05) is 13.1 Å². The molecule has 86 valence electrons. The van der Waals surface area contributed by atoms with Gasteiger partial charge < -0.3 is 0 Å². The molecule has 0 spiro atoms. The van der Waals surface area contributed by atoms with Crippen LogP contribution in [0.25, 0.3) is 0 Å². The maximum absolute atomic E-state index is 11.7. The molecule has 2 rings (SSSR count). The van der Waals surface area contributed by atoms with Gasteiger partial charge in [-0.05, 0) is 31.5 Å². The van der Waals surface area contributed by atoms with Crippen molar-refractivity contribution in [3.05, 3.63) is 30.1 Å². The fourth-order valence-electron chi connectivity index (χ4n) is 1.76. The first kappa shape index (κ1) is 11.3. The maximum atomic E-state index is 11.7. The molecular formula is C13H18N2O. The molecule has 0 amide bonds. The smallest absolute Gasteiger partial charge is 0.149 e. The molecule has 16 heavy (non-hydrogen) atoms. The Morgan fingerprint density at radius 3 is 2.88 bits per heavy atom. The van der Waals surface area contributed by atoms with Gasteiger partial charge >= 0.3 is 0 Å². The third-order valence-corrected chi connectivity index (χ3v) is 2.97. The number of carbonyl (C=O) groups excluding carboxylic acids is 1. The maximum Gasteiger partial charge on any atom is 0.149 e. The molecule has 1 aromatic heterocycles. The summed E-state index contributed by atoms with van der Waals surface area (Å²) in [5.74, 6) is 0.760. The van der Waals surface area contributed by atoms with E-state index in [1.807, 2.05) is 18.2 Å². The van der Waals surface area contributed by atoms with E-state index in [1.54, 1.807) is 6.20 Å². The zero-order valence-corrected chi connectivity index (χ0v) is 9.72. The van der Waals surface area contributed by atoms with E-state index in [-0.39, 0.29) is 0 Å². The molecule has 3 nitrogen and oxygen atoms in total. The summed E-state index contributed by atoms with van der Waals surface area (Å²) in [6, 6.07) is 5.90. The van der Waals surface area contributed by atoms with Crippen molar-refractivity contribution < 1.29 is 4.79 Å². The predicted octanol–water partition coefficient (Wildman–Crippen LogP) is 1.88. The minimum absolute atomic E-state index is 0.359. The molecule has 0 radical (unpaired) electrons. The molecule has 3 heteroatoms. The van der Waals surface area contributed by atoms with Gasteiger partial charge in [0.25, 0.3) is 0 Å². The molecule has 0 aliphatic heterocycles. The zero-order valence-electron chi connectivity index (χ0n) is 9.72. The summed E-state index contributed by atoms with van der Waals surface area (Å²) in [6.07, 6.45) is 3.99. The molecule has 0 aromatic carbocycles. The highest BCUT2D eigenvalue weighted by Crippen LogP contribution is 2.30. The van der Waals surface area contributed by atoms with Gasteiger partial charge in [0.15, 0.2) is 0 Å². The van der Waals surface area contributed by atoms with Gasteiger partial charge in [0.05, 0.1) is 12.2 Å². The lowest BCUT2D eigenvalue weighted by Gasteiger charge is -2.18. The van der Waals surface area contributed by atoms with Gasteiger partial charge in [0.1, 0.15) is 5.78 Å². The van der Waals surface area contributed by atoms with E-state index >= 15 is 0 Å². The Morgan fingerprint density at radius 1 is 1.50 bits per heavy atom. The van der Waals surface area contributed by atoms with E-state index in [9.17, 15) is 4.79 Å². The normalized spacial score (nSPS) is 15.4. The SMILES string of the molecule is CCN(CC(=O)C1CC1)Cc1ccccn1. The highest BCUT2D eigenvalue weighted by atomic mass is 16.1. The van der Waals surface area contributed by atoms with Gasteiger partial charge in [-0.1, -0.05) is 13.0 Å². The van der Waals surface area contributed by atoms with Crippen molar-refractivity contribution in [2.24, 2.45) is 5.92 Å². The van der Waals surface area contributed by atoms with Crippen molar-refractivity contribution in [1.82, 2.24) is 9.88 Å². The van der Waals surface area contributed by atoms with Crippen molar-refractivity contribution in [3.63, 3.8) is 0 Å². The van der Waals surface area contributed by atoms with Gasteiger partial charge in [0, 0.05) is 18.7 Å². The van der Waals surface area contributed by atoms with Crippen LogP contribution in [0, 0.1) is 5.92 Å². The summed E-state index contributed by atoms with van der Waals surface area (Å²) >= 11 is 0. The minimum Gasteiger partial charge on any atom is -0.298 e. The summed E-state index contributed by atoms with van der Waals surface area (Å²) in [5, 5.41) is 0. The van der Waals surface area contributed by atoms with Gasteiger partial charge in [-0.3, -0.25) is 14.7 Å². The van der Waals surface area contributed by atoms with Gasteiger partial charge in [-0.2, -0.15) is 0 Å². The second-order valence-corrected chi connectivity index (χ2v) is 4.36. The van der Waals surface area contributed by atoms with Crippen LogP contribution in [0.2, 0.25) is 0 Å². The number of pyridine rings is 1. The molecule has 1 aliphatic carbocycles. The number of likely N-dealkylation sites (N-methyl/N-ethyl adjacent to an activating group) is 1. The van der Waals surface area contributed by atoms with E-state index in [0.29, 0.717) is 18.2 Å². The number of nitrogens with zero attached hydrogens (tertiary/aromatic N) is 2. The Kier molecular flexibility index (Phi) is 3.67. The molecular weight excluding hydrogens is 200 g/mol. The average molecular weight is 218 g/mol. The summed E-state index contributed by atoms with van der Waals surface area (Å²) in [4.78, 5) is 18.1. The van der Waals surface area contributed by atoms with Crippen LogP contribution in [0.15, 0.2) is 24.4 Å². The van der Waals surface area contributed by atoms with Crippen molar-refractivity contribution in [1.29, 1.82) is 0 Å². The molecule has 1 heterocycles. The predicted molar refractivity (Wildman–Crippen MR) is 62.9 cm³/mol. The molecule has 1 fully saturated rings. The molecule has 0 bridgehead atoms. The number of hydrogen-bond donors (Lipinski definition) is 0. The van der Waals surface area contributed by atoms with E-state index < -0.39 is 0 Å². The van der Waals surface area contributed by atoms with Crippen LogP contribution < -0.4 is 0 Å². The van der Waals surface area contributed by atoms with E-state index in [4.69, 9.17) is 0 Å². The molecule has 0 N–H and O–H groups in total. The molecule has 0 atom stereocenters. The molecule has 0 saturated heterocycles. The first-order valence-electron chi connectivity index (χ1n) is 5.94. The highest BCUT2D eigenvalue weighted by molar-refractivity contribution is 5.84. The fraction of sp³-hybridized carbons (Fsp3) is 0.538. The lowest BCUT2D eigenvalue weighted by atomic mass is 10.2. The minimum atomic E-state index is 0.359. The quantitative estimate of drug-likeness (QED) is 0.731. The highest BCUT2D eigenvalue weighted by Gasteiger charge is 2.30. The number of rotatable bonds is 6. The third kappa shape index (κ3) is 3.14. The van der Waals surface area contributed by atoms with E-state index in [0.717, 1.165) is 31.6 Å². The fourth-order valence-corrected chi connectivity index (χ4v) is 1.76. The molecule has 1 aliphatic rings. The Balaban J connectivity index is 1.87. The van der Waals surface area contributed by atoms with Crippen molar-refractivity contribution in [2.45, 2.75) is 26.3 Å². The number of ketones is 1. The van der Waals surface area contributed by atoms with E-state index in [1.165, 1.54) is 0 Å². The van der Waals surface area contributed by atoms with Gasteiger partial charge in [0.2, 0.25) is 0 Å². The Labute approximate surface area is 96.5 Å². The molecule has 1 aromatic rings. The molecule has 0 unspecified atom stereocenters. The Bertz CT molecular complexity index is 346. The summed E-state index contributed by atoms with van der Waals surface area (Å²) in [7, 11) is 0. The first-order valence-corrected chi connectivity index (χ1v) is 5.94. The molecule has 1 saturated carbocycles. The third-order valence-electron chi connectivity index (χ3n) is 2.97. The van der Waals surface area contributed by atoms with Crippen LogP contribution in [0.1, 0.15) is 25.5 Å². The standard InChI is InChI=1S/C13H18N2O/c1-2-15(10-13(16)11-6-7-11)9-12-5-3-4-8-14-12/h3-5,8,11H,2,6-7,9-10H2,1H3. The van der Waals surface area contributed by atoms with Crippen molar-refractivity contribution >= 4 is 5.78 Å². The van der Waals surface area contributed by atoms with E-state index in [2.05, 4.69) is 16.8 Å². The lowest BCUT2D eigenvalue weighted by Crippen LogP contribution is -2.30. The average Bonchev–Trinajstić information content (AvgIpc) is 3.13. The summed E-state index contributed by atoms with van der Waals surface area (Å²) < 4.78 is 0.